The number of hydrogen-bond donors (Lipinski definition) is 4. The van der Waals surface area contributed by atoms with Gasteiger partial charge in [-0.25, -0.2) is 5.48 Å². The van der Waals surface area contributed by atoms with Crippen LogP contribution < -0.4 is 16.9 Å². The first kappa shape index (κ1) is 17.4. The average molecular weight is 293 g/mol. The van der Waals surface area contributed by atoms with Gasteiger partial charge in [0.2, 0.25) is 16.1 Å². The number of hydroxylamine groups is 1. The maximum atomic E-state index is 11.9. The third-order valence-corrected chi connectivity index (χ3v) is 3.07. The van der Waals surface area contributed by atoms with Crippen LogP contribution in [0.1, 0.15) is 12.8 Å². The monoisotopic (exact) mass is 293 g/mol. The molecular formula is C9H15N3O6S. The van der Waals surface area contributed by atoms with Gasteiger partial charge in [-0.15, -0.1) is 0 Å². The second-order valence-electron chi connectivity index (χ2n) is 3.50. The molecule has 1 amide bonds. The van der Waals surface area contributed by atoms with E-state index in [-0.39, 0.29) is 25.9 Å². The fraction of sp³-hybridized carbons (Fsp3) is 0.556. The van der Waals surface area contributed by atoms with E-state index < -0.39 is 38.5 Å². The fourth-order valence-corrected chi connectivity index (χ4v) is 1.97. The molecule has 0 aromatic carbocycles. The van der Waals surface area contributed by atoms with Crippen molar-refractivity contribution in [3.63, 3.8) is 0 Å². The minimum Gasteiger partial charge on any atom is -0.330 e. The summed E-state index contributed by atoms with van der Waals surface area (Å²) in [4.78, 5) is 33.9. The van der Waals surface area contributed by atoms with E-state index in [4.69, 9.17) is 16.7 Å². The van der Waals surface area contributed by atoms with Crippen LogP contribution in [0.5, 0.6) is 0 Å². The molecule has 108 valence electrons. The molecule has 1 unspecified atom stereocenters. The van der Waals surface area contributed by atoms with Crippen LogP contribution in [0.4, 0.5) is 0 Å². The van der Waals surface area contributed by atoms with Gasteiger partial charge in [-0.3, -0.25) is 19.6 Å². The zero-order valence-electron chi connectivity index (χ0n) is 9.96. The summed E-state index contributed by atoms with van der Waals surface area (Å²) in [5, 5.41) is 8.34. The number of Topliss-reactive ketones (excluding diaryl/α,β-unsaturated/α-hetero) is 2. The Morgan fingerprint density at radius 3 is 2.05 bits per heavy atom. The minimum atomic E-state index is -2.84. The van der Waals surface area contributed by atoms with E-state index in [0.717, 1.165) is 5.48 Å². The van der Waals surface area contributed by atoms with Gasteiger partial charge in [0.15, 0.2) is 5.78 Å². The van der Waals surface area contributed by atoms with E-state index in [1.165, 1.54) is 0 Å². The number of nitrogens with one attached hydrogen (secondary N) is 1. The van der Waals surface area contributed by atoms with Crippen molar-refractivity contribution in [2.45, 2.75) is 12.8 Å². The molecule has 0 aromatic heterocycles. The molecule has 10 heteroatoms. The van der Waals surface area contributed by atoms with Crippen LogP contribution in [-0.2, 0) is 24.7 Å². The lowest BCUT2D eigenvalue weighted by Gasteiger charge is -2.12. The van der Waals surface area contributed by atoms with Crippen molar-refractivity contribution in [1.82, 2.24) is 5.48 Å². The average Bonchev–Trinajstić information content (AvgIpc) is 2.39. The maximum absolute atomic E-state index is 11.9. The largest absolute Gasteiger partial charge is 0.330 e. The molecule has 0 fully saturated rings. The first-order valence-corrected chi connectivity index (χ1v) is 6.35. The van der Waals surface area contributed by atoms with E-state index in [0.29, 0.717) is 0 Å². The highest BCUT2D eigenvalue weighted by Gasteiger charge is 2.33. The molecule has 0 aliphatic rings. The number of carbonyl (C=O) groups is 3. The predicted octanol–water partition coefficient (Wildman–Crippen LogP) is -3.00. The van der Waals surface area contributed by atoms with Gasteiger partial charge in [-0.2, -0.15) is 8.42 Å². The molecule has 9 nitrogen and oxygen atoms in total. The van der Waals surface area contributed by atoms with Crippen LogP contribution in [0.3, 0.4) is 0 Å². The van der Waals surface area contributed by atoms with Crippen molar-refractivity contribution in [3.05, 3.63) is 0 Å². The van der Waals surface area contributed by atoms with Crippen molar-refractivity contribution in [2.24, 2.45) is 17.4 Å². The number of amides is 1. The molecule has 19 heavy (non-hydrogen) atoms. The van der Waals surface area contributed by atoms with Gasteiger partial charge >= 0.3 is 5.91 Å². The SMILES string of the molecule is NCCC(C(=O)C(CCN)C(=O)C(=O)NO)=S(=O)=O. The Balaban J connectivity index is 5.41. The summed E-state index contributed by atoms with van der Waals surface area (Å²) in [6.07, 6.45) is -0.458. The Morgan fingerprint density at radius 1 is 1.11 bits per heavy atom. The lowest BCUT2D eigenvalue weighted by molar-refractivity contribution is -0.146. The zero-order chi connectivity index (χ0) is 15.0. The molecule has 0 aliphatic heterocycles. The van der Waals surface area contributed by atoms with Crippen LogP contribution in [0.25, 0.3) is 0 Å². The molecule has 0 rings (SSSR count). The molecule has 0 saturated carbocycles. The van der Waals surface area contributed by atoms with E-state index >= 15 is 0 Å². The minimum absolute atomic E-state index is 0.106. The van der Waals surface area contributed by atoms with E-state index in [9.17, 15) is 22.8 Å². The van der Waals surface area contributed by atoms with Gasteiger partial charge in [0, 0.05) is 6.42 Å². The quantitative estimate of drug-likeness (QED) is 0.120. The smallest absolute Gasteiger partial charge is 0.311 e. The second-order valence-corrected chi connectivity index (χ2v) is 4.46. The highest BCUT2D eigenvalue weighted by atomic mass is 32.2. The van der Waals surface area contributed by atoms with Crippen LogP contribution in [0, 0.1) is 5.92 Å². The summed E-state index contributed by atoms with van der Waals surface area (Å²) >= 11 is 0. The van der Waals surface area contributed by atoms with Crippen LogP contribution in [0.15, 0.2) is 0 Å². The maximum Gasteiger partial charge on any atom is 0.311 e. The Hall–Kier alpha value is -1.62. The van der Waals surface area contributed by atoms with Crippen molar-refractivity contribution < 1.29 is 28.0 Å². The number of carbonyl (C=O) groups excluding carboxylic acids is 3. The molecule has 0 saturated heterocycles. The Morgan fingerprint density at radius 2 is 1.68 bits per heavy atom. The van der Waals surface area contributed by atoms with E-state index in [2.05, 4.69) is 0 Å². The van der Waals surface area contributed by atoms with E-state index in [1.54, 1.807) is 0 Å². The zero-order valence-corrected chi connectivity index (χ0v) is 10.8. The van der Waals surface area contributed by atoms with Gasteiger partial charge in [0.1, 0.15) is 4.86 Å². The summed E-state index contributed by atoms with van der Waals surface area (Å²) in [7, 11) is -2.84. The molecule has 0 aromatic rings. The second kappa shape index (κ2) is 8.48. The summed E-state index contributed by atoms with van der Waals surface area (Å²) in [6, 6.07) is 0. The lowest BCUT2D eigenvalue weighted by atomic mass is 9.92. The number of nitrogens with two attached hydrogens (primary N) is 2. The summed E-state index contributed by atoms with van der Waals surface area (Å²) in [5.74, 6) is -5.23. The molecular weight excluding hydrogens is 278 g/mol. The van der Waals surface area contributed by atoms with E-state index in [1.807, 2.05) is 0 Å². The molecule has 0 aliphatic carbocycles. The predicted molar refractivity (Wildman–Crippen MR) is 64.7 cm³/mol. The van der Waals surface area contributed by atoms with Crippen molar-refractivity contribution in [3.8, 4) is 0 Å². The summed E-state index contributed by atoms with van der Waals surface area (Å²) in [5.41, 5.74) is 11.5. The topological polar surface area (TPSA) is 170 Å². The van der Waals surface area contributed by atoms with Crippen molar-refractivity contribution in [2.75, 3.05) is 13.1 Å². The molecule has 1 atom stereocenters. The fourth-order valence-electron chi connectivity index (χ4n) is 1.38. The first-order valence-electron chi connectivity index (χ1n) is 5.28. The van der Waals surface area contributed by atoms with Gasteiger partial charge in [0.25, 0.3) is 0 Å². The number of hydrogen-bond acceptors (Lipinski definition) is 8. The Labute approximate surface area is 110 Å². The Kier molecular flexibility index (Phi) is 7.75. The third kappa shape index (κ3) is 4.87. The number of rotatable bonds is 8. The standard InChI is InChI=1S/C9H15N3O6S/c10-3-1-5(8(14)9(15)12-16)7(13)6(2-4-11)19(17)18/h5,16H,1-4,10-11H2,(H,12,15). The molecule has 0 spiro atoms. The Bertz CT molecular complexity index is 490. The highest BCUT2D eigenvalue weighted by Crippen LogP contribution is 2.08. The van der Waals surface area contributed by atoms with Crippen molar-refractivity contribution in [1.29, 1.82) is 0 Å². The molecule has 0 heterocycles. The molecule has 0 radical (unpaired) electrons. The molecule has 6 N–H and O–H groups in total. The van der Waals surface area contributed by atoms with Crippen molar-refractivity contribution >= 4 is 32.6 Å². The highest BCUT2D eigenvalue weighted by molar-refractivity contribution is 7.74. The summed E-state index contributed by atoms with van der Waals surface area (Å²) in [6.45, 7) is -0.215. The van der Waals surface area contributed by atoms with Gasteiger partial charge < -0.3 is 11.5 Å². The van der Waals surface area contributed by atoms with Crippen LogP contribution in [0.2, 0.25) is 0 Å². The normalized spacial score (nSPS) is 11.5. The number of ketones is 2. The van der Waals surface area contributed by atoms with Gasteiger partial charge in [-0.1, -0.05) is 0 Å². The van der Waals surface area contributed by atoms with Crippen LogP contribution in [-0.4, -0.2) is 49.1 Å². The van der Waals surface area contributed by atoms with Gasteiger partial charge in [-0.05, 0) is 19.5 Å². The van der Waals surface area contributed by atoms with Gasteiger partial charge in [0.05, 0.1) is 5.92 Å². The molecule has 0 bridgehead atoms. The first-order chi connectivity index (χ1) is 8.90. The third-order valence-electron chi connectivity index (χ3n) is 2.26. The lowest BCUT2D eigenvalue weighted by Crippen LogP contribution is -2.41. The van der Waals surface area contributed by atoms with Crippen LogP contribution >= 0.6 is 0 Å². The summed E-state index contributed by atoms with van der Waals surface area (Å²) < 4.78 is 21.8.